The Kier molecular flexibility index (Phi) is 5.79. The van der Waals surface area contributed by atoms with Gasteiger partial charge in [-0.2, -0.15) is 5.10 Å². The molecule has 1 saturated carbocycles. The summed E-state index contributed by atoms with van der Waals surface area (Å²) in [4.78, 5) is 1.20. The predicted molar refractivity (Wildman–Crippen MR) is 90.6 cm³/mol. The fourth-order valence-corrected chi connectivity index (χ4v) is 3.61. The number of nitrogens with two attached hydrogens (primary N) is 1. The van der Waals surface area contributed by atoms with Gasteiger partial charge in [0.2, 0.25) is 0 Å². The van der Waals surface area contributed by atoms with E-state index in [2.05, 4.69) is 23.2 Å². The van der Waals surface area contributed by atoms with Crippen LogP contribution in [0.25, 0.3) is 10.9 Å². The molecule has 0 unspecified atom stereocenters. The van der Waals surface area contributed by atoms with Crippen molar-refractivity contribution < 1.29 is 4.74 Å². The van der Waals surface area contributed by atoms with Gasteiger partial charge in [0, 0.05) is 11.4 Å². The van der Waals surface area contributed by atoms with Crippen LogP contribution in [0, 0.1) is 0 Å². The SMILES string of the molecule is CCSc1c(OC2CCC(N)CC2)ccc2[nH]ncc12.Cl. The maximum absolute atomic E-state index is 6.25. The zero-order valence-corrected chi connectivity index (χ0v) is 13.8. The summed E-state index contributed by atoms with van der Waals surface area (Å²) in [5.74, 6) is 2.02. The highest BCUT2D eigenvalue weighted by Gasteiger charge is 2.21. The first kappa shape index (κ1) is 16.5. The number of ether oxygens (including phenoxy) is 1. The van der Waals surface area contributed by atoms with Crippen LogP contribution in [0.5, 0.6) is 5.75 Å². The van der Waals surface area contributed by atoms with Crippen molar-refractivity contribution >= 4 is 35.1 Å². The first-order valence-corrected chi connectivity index (χ1v) is 8.27. The van der Waals surface area contributed by atoms with Gasteiger partial charge in [-0.05, 0) is 43.6 Å². The molecule has 0 bridgehead atoms. The van der Waals surface area contributed by atoms with E-state index in [1.54, 1.807) is 0 Å². The van der Waals surface area contributed by atoms with Gasteiger partial charge in [-0.25, -0.2) is 0 Å². The van der Waals surface area contributed by atoms with Crippen LogP contribution in [0.4, 0.5) is 0 Å². The first-order valence-electron chi connectivity index (χ1n) is 7.29. The van der Waals surface area contributed by atoms with E-state index in [1.165, 1.54) is 4.90 Å². The van der Waals surface area contributed by atoms with E-state index in [9.17, 15) is 0 Å². The Balaban J connectivity index is 0.00000161. The highest BCUT2D eigenvalue weighted by molar-refractivity contribution is 7.99. The van der Waals surface area contributed by atoms with Crippen LogP contribution in [0.15, 0.2) is 23.2 Å². The molecule has 1 aliphatic rings. The third-order valence-corrected chi connectivity index (χ3v) is 4.84. The Morgan fingerprint density at radius 2 is 2.10 bits per heavy atom. The van der Waals surface area contributed by atoms with E-state index >= 15 is 0 Å². The van der Waals surface area contributed by atoms with Gasteiger partial charge in [0.15, 0.2) is 0 Å². The van der Waals surface area contributed by atoms with Crippen LogP contribution in [0.2, 0.25) is 0 Å². The number of fused-ring (bicyclic) bond motifs is 1. The molecule has 0 amide bonds. The highest BCUT2D eigenvalue weighted by atomic mass is 35.5. The van der Waals surface area contributed by atoms with Crippen LogP contribution in [-0.2, 0) is 0 Å². The van der Waals surface area contributed by atoms with Gasteiger partial charge in [0.1, 0.15) is 5.75 Å². The molecule has 2 aromatic rings. The van der Waals surface area contributed by atoms with Crippen LogP contribution < -0.4 is 10.5 Å². The minimum absolute atomic E-state index is 0. The molecule has 116 valence electrons. The topological polar surface area (TPSA) is 63.9 Å². The summed E-state index contributed by atoms with van der Waals surface area (Å²) in [5, 5.41) is 8.31. The molecule has 0 aliphatic heterocycles. The number of H-pyrrole nitrogens is 1. The van der Waals surface area contributed by atoms with E-state index < -0.39 is 0 Å². The molecular weight excluding hydrogens is 306 g/mol. The quantitative estimate of drug-likeness (QED) is 0.839. The summed E-state index contributed by atoms with van der Waals surface area (Å²) in [5.41, 5.74) is 7.02. The lowest BCUT2D eigenvalue weighted by atomic mass is 9.94. The molecular formula is C15H22ClN3OS. The first-order chi connectivity index (χ1) is 9.78. The molecule has 1 fully saturated rings. The maximum atomic E-state index is 6.25. The number of hydrogen-bond acceptors (Lipinski definition) is 4. The molecule has 4 nitrogen and oxygen atoms in total. The second-order valence-electron chi connectivity index (χ2n) is 5.31. The van der Waals surface area contributed by atoms with Crippen molar-refractivity contribution in [1.82, 2.24) is 10.2 Å². The lowest BCUT2D eigenvalue weighted by Gasteiger charge is -2.27. The van der Waals surface area contributed by atoms with Crippen molar-refractivity contribution in [1.29, 1.82) is 0 Å². The van der Waals surface area contributed by atoms with Crippen LogP contribution >= 0.6 is 24.2 Å². The number of aromatic amines is 1. The molecule has 6 heteroatoms. The largest absolute Gasteiger partial charge is 0.489 e. The number of hydrogen-bond donors (Lipinski definition) is 2. The molecule has 0 radical (unpaired) electrons. The van der Waals surface area contributed by atoms with Crippen LogP contribution in [-0.4, -0.2) is 28.1 Å². The van der Waals surface area contributed by atoms with Crippen LogP contribution in [0.3, 0.4) is 0 Å². The molecule has 21 heavy (non-hydrogen) atoms. The molecule has 1 heterocycles. The average Bonchev–Trinajstić information content (AvgIpc) is 2.92. The minimum atomic E-state index is 0. The molecule has 1 aromatic carbocycles. The van der Waals surface area contributed by atoms with E-state index in [1.807, 2.05) is 24.0 Å². The molecule has 1 aliphatic carbocycles. The molecule has 0 spiro atoms. The van der Waals surface area contributed by atoms with Crippen molar-refractivity contribution in [2.75, 3.05) is 5.75 Å². The summed E-state index contributed by atoms with van der Waals surface area (Å²) in [6.07, 6.45) is 6.43. The Labute approximate surface area is 135 Å². The Morgan fingerprint density at radius 1 is 1.33 bits per heavy atom. The van der Waals surface area contributed by atoms with Crippen LogP contribution in [0.1, 0.15) is 32.6 Å². The van der Waals surface area contributed by atoms with Crippen molar-refractivity contribution in [2.45, 2.75) is 49.6 Å². The monoisotopic (exact) mass is 327 g/mol. The molecule has 3 rings (SSSR count). The zero-order valence-electron chi connectivity index (χ0n) is 12.2. The third kappa shape index (κ3) is 3.65. The lowest BCUT2D eigenvalue weighted by molar-refractivity contribution is 0.144. The molecule has 1 aromatic heterocycles. The second kappa shape index (κ2) is 7.38. The molecule has 3 N–H and O–H groups in total. The van der Waals surface area contributed by atoms with Crippen molar-refractivity contribution in [3.05, 3.63) is 18.3 Å². The fraction of sp³-hybridized carbons (Fsp3) is 0.533. The number of rotatable bonds is 4. The lowest BCUT2D eigenvalue weighted by Crippen LogP contribution is -2.31. The van der Waals surface area contributed by atoms with E-state index in [-0.39, 0.29) is 12.4 Å². The average molecular weight is 328 g/mol. The highest BCUT2D eigenvalue weighted by Crippen LogP contribution is 2.37. The predicted octanol–water partition coefficient (Wildman–Crippen LogP) is 3.75. The zero-order chi connectivity index (χ0) is 13.9. The van der Waals surface area contributed by atoms with Gasteiger partial charge in [-0.1, -0.05) is 6.92 Å². The Bertz CT molecular complexity index is 581. The normalized spacial score (nSPS) is 22.0. The number of halogens is 1. The Morgan fingerprint density at radius 3 is 2.81 bits per heavy atom. The summed E-state index contributed by atoms with van der Waals surface area (Å²) < 4.78 is 6.25. The number of thioether (sulfide) groups is 1. The summed E-state index contributed by atoms with van der Waals surface area (Å²) in [7, 11) is 0. The smallest absolute Gasteiger partial charge is 0.134 e. The number of aromatic nitrogens is 2. The van der Waals surface area contributed by atoms with Crippen molar-refractivity contribution in [2.24, 2.45) is 5.73 Å². The van der Waals surface area contributed by atoms with Gasteiger partial charge in [0.25, 0.3) is 0 Å². The van der Waals surface area contributed by atoms with E-state index in [0.29, 0.717) is 12.1 Å². The van der Waals surface area contributed by atoms with Crippen molar-refractivity contribution in [3.8, 4) is 5.75 Å². The van der Waals surface area contributed by atoms with E-state index in [4.69, 9.17) is 10.5 Å². The number of nitrogens with one attached hydrogen (secondary N) is 1. The number of benzene rings is 1. The van der Waals surface area contributed by atoms with Crippen molar-refractivity contribution in [3.63, 3.8) is 0 Å². The second-order valence-corrected chi connectivity index (χ2v) is 6.59. The van der Waals surface area contributed by atoms with Gasteiger partial charge >= 0.3 is 0 Å². The summed E-state index contributed by atoms with van der Waals surface area (Å²) >= 11 is 1.82. The van der Waals surface area contributed by atoms with E-state index in [0.717, 1.165) is 48.1 Å². The van der Waals surface area contributed by atoms with Gasteiger partial charge in [0.05, 0.1) is 22.7 Å². The number of nitrogens with zero attached hydrogens (tertiary/aromatic N) is 1. The van der Waals surface area contributed by atoms with Gasteiger partial charge < -0.3 is 10.5 Å². The Hall–Kier alpha value is -0.910. The summed E-state index contributed by atoms with van der Waals surface area (Å²) in [6, 6.07) is 4.47. The molecule has 0 saturated heterocycles. The standard InChI is InChI=1S/C15H21N3OS.ClH/c1-2-20-15-12-9-17-18-13(12)7-8-14(15)19-11-5-3-10(16)4-6-11;/h7-11H,2-6,16H2,1H3,(H,17,18);1H. The maximum Gasteiger partial charge on any atom is 0.134 e. The summed E-state index contributed by atoms with van der Waals surface area (Å²) in [6.45, 7) is 2.16. The minimum Gasteiger partial charge on any atom is -0.489 e. The van der Waals surface area contributed by atoms with Gasteiger partial charge in [-0.15, -0.1) is 24.2 Å². The fourth-order valence-electron chi connectivity index (χ4n) is 2.74. The third-order valence-electron chi connectivity index (χ3n) is 3.84. The van der Waals surface area contributed by atoms with Gasteiger partial charge in [-0.3, -0.25) is 5.10 Å². The molecule has 0 atom stereocenters.